The molecule has 28 heavy (non-hydrogen) atoms. The molecule has 2 aromatic rings. The molecule has 6 nitrogen and oxygen atoms in total. The molecular formula is C22H26N2O4. The van der Waals surface area contributed by atoms with Crippen LogP contribution in [-0.2, 0) is 20.7 Å². The first-order valence-corrected chi connectivity index (χ1v) is 10.0. The Labute approximate surface area is 164 Å². The summed E-state index contributed by atoms with van der Waals surface area (Å²) in [6.07, 6.45) is 3.74. The molecule has 1 N–H and O–H groups in total. The van der Waals surface area contributed by atoms with Crippen LogP contribution in [0.4, 0.5) is 0 Å². The van der Waals surface area contributed by atoms with E-state index in [9.17, 15) is 4.79 Å². The summed E-state index contributed by atoms with van der Waals surface area (Å²) in [7, 11) is 1.70. The van der Waals surface area contributed by atoms with Crippen molar-refractivity contribution in [3.63, 3.8) is 0 Å². The Bertz CT molecular complexity index is 963. The van der Waals surface area contributed by atoms with Crippen LogP contribution in [0.2, 0.25) is 0 Å². The van der Waals surface area contributed by atoms with E-state index in [0.717, 1.165) is 37.2 Å². The second-order valence-electron chi connectivity index (χ2n) is 8.15. The molecule has 1 saturated heterocycles. The quantitative estimate of drug-likeness (QED) is 0.805. The van der Waals surface area contributed by atoms with Crippen LogP contribution in [-0.4, -0.2) is 42.2 Å². The minimum Gasteiger partial charge on any atom is -0.497 e. The highest BCUT2D eigenvalue weighted by Crippen LogP contribution is 2.47. The van der Waals surface area contributed by atoms with Crippen molar-refractivity contribution < 1.29 is 19.0 Å². The Hall–Kier alpha value is -2.47. The van der Waals surface area contributed by atoms with Crippen LogP contribution in [0.15, 0.2) is 30.2 Å². The molecule has 0 aliphatic carbocycles. The number of allylic oxidation sites excluding steroid dienone is 1. The zero-order valence-corrected chi connectivity index (χ0v) is 16.5. The molecule has 3 aliphatic heterocycles. The first-order valence-electron chi connectivity index (χ1n) is 10.0. The fourth-order valence-electron chi connectivity index (χ4n) is 5.26. The van der Waals surface area contributed by atoms with Gasteiger partial charge in [0, 0.05) is 54.5 Å². The molecule has 0 radical (unpaired) electrons. The van der Waals surface area contributed by atoms with Crippen LogP contribution in [0.3, 0.4) is 0 Å². The number of hydrogen-bond acceptors (Lipinski definition) is 5. The van der Waals surface area contributed by atoms with Crippen LogP contribution < -0.4 is 4.74 Å². The van der Waals surface area contributed by atoms with Crippen LogP contribution in [0, 0.1) is 11.8 Å². The van der Waals surface area contributed by atoms with Gasteiger partial charge in [0.2, 0.25) is 0 Å². The number of H-pyrrole nitrogens is 1. The molecule has 1 fully saturated rings. The van der Waals surface area contributed by atoms with E-state index in [1.807, 2.05) is 6.07 Å². The molecule has 0 saturated carbocycles. The molecule has 5 rings (SSSR count). The third-order valence-electron chi connectivity index (χ3n) is 6.64. The molecule has 0 amide bonds. The third kappa shape index (κ3) is 2.70. The van der Waals surface area contributed by atoms with Gasteiger partial charge in [-0.3, -0.25) is 9.69 Å². The number of fused-ring (bicyclic) bond motifs is 6. The van der Waals surface area contributed by atoms with Crippen molar-refractivity contribution in [1.29, 1.82) is 0 Å². The van der Waals surface area contributed by atoms with Crippen molar-refractivity contribution in [3.05, 3.63) is 41.5 Å². The number of methoxy groups -OCH3 is 1. The second-order valence-corrected chi connectivity index (χ2v) is 8.15. The van der Waals surface area contributed by atoms with Crippen LogP contribution in [0.1, 0.15) is 37.6 Å². The second kappa shape index (κ2) is 6.55. The van der Waals surface area contributed by atoms with Gasteiger partial charge in [-0.05, 0) is 37.5 Å². The highest BCUT2D eigenvalue weighted by Gasteiger charge is 2.46. The summed E-state index contributed by atoms with van der Waals surface area (Å²) >= 11 is 0. The summed E-state index contributed by atoms with van der Waals surface area (Å²) in [4.78, 5) is 17.8. The van der Waals surface area contributed by atoms with Gasteiger partial charge >= 0.3 is 5.97 Å². The molecule has 0 unspecified atom stereocenters. The first-order chi connectivity index (χ1) is 13.5. The summed E-state index contributed by atoms with van der Waals surface area (Å²) in [5.41, 5.74) is 3.84. The Balaban J connectivity index is 1.52. The molecule has 148 valence electrons. The Morgan fingerprint density at radius 1 is 1.36 bits per heavy atom. The lowest BCUT2D eigenvalue weighted by Gasteiger charge is -2.49. The maximum atomic E-state index is 11.6. The molecule has 1 aromatic heterocycles. The van der Waals surface area contributed by atoms with Crippen molar-refractivity contribution in [1.82, 2.24) is 9.88 Å². The van der Waals surface area contributed by atoms with Gasteiger partial charge in [-0.25, -0.2) is 0 Å². The largest absolute Gasteiger partial charge is 0.497 e. The van der Waals surface area contributed by atoms with E-state index in [-0.39, 0.29) is 18.0 Å². The van der Waals surface area contributed by atoms with E-state index in [0.29, 0.717) is 17.7 Å². The van der Waals surface area contributed by atoms with Crippen molar-refractivity contribution in [3.8, 4) is 5.75 Å². The number of esters is 1. The SMILES string of the molecule is COc1ccc2c3c([nH]c2c1)[C@@H]1C[C@@H]2C(OC(C)=O)=CO[C@H](C)[C@H]2CN1CC3. The number of hydrogen-bond donors (Lipinski definition) is 1. The number of ether oxygens (including phenoxy) is 3. The van der Waals surface area contributed by atoms with E-state index < -0.39 is 0 Å². The van der Waals surface area contributed by atoms with E-state index in [4.69, 9.17) is 14.2 Å². The molecule has 1 aromatic carbocycles. The monoisotopic (exact) mass is 382 g/mol. The number of aromatic nitrogens is 1. The summed E-state index contributed by atoms with van der Waals surface area (Å²) in [6, 6.07) is 6.56. The van der Waals surface area contributed by atoms with Gasteiger partial charge in [-0.2, -0.15) is 0 Å². The van der Waals surface area contributed by atoms with E-state index in [2.05, 4.69) is 28.9 Å². The van der Waals surface area contributed by atoms with E-state index in [1.54, 1.807) is 13.4 Å². The number of nitrogens with zero attached hydrogens (tertiary/aromatic N) is 1. The van der Waals surface area contributed by atoms with Crippen LogP contribution >= 0.6 is 0 Å². The smallest absolute Gasteiger partial charge is 0.307 e. The standard InChI is InChI=1S/C22H26N2O4/c1-12-18-10-24-7-6-16-15-5-4-14(26-3)8-19(15)23-22(16)20(24)9-17(18)21(11-27-12)28-13(2)25/h4-5,8,11-12,17-18,20,23H,6-7,9-10H2,1-3H3/t12-,17+,18-,20+/m1/s1. The topological polar surface area (TPSA) is 63.8 Å². The van der Waals surface area contributed by atoms with E-state index >= 15 is 0 Å². The fourth-order valence-corrected chi connectivity index (χ4v) is 5.26. The van der Waals surface area contributed by atoms with Crippen LogP contribution in [0.5, 0.6) is 5.75 Å². The van der Waals surface area contributed by atoms with Gasteiger partial charge in [0.25, 0.3) is 0 Å². The lowest BCUT2D eigenvalue weighted by molar-refractivity contribution is -0.141. The Morgan fingerprint density at radius 3 is 3.00 bits per heavy atom. The average Bonchev–Trinajstić information content (AvgIpc) is 3.07. The third-order valence-corrected chi connectivity index (χ3v) is 6.64. The Kier molecular flexibility index (Phi) is 4.12. The lowest BCUT2D eigenvalue weighted by Crippen LogP contribution is -2.51. The number of carbonyl (C=O) groups excluding carboxylic acids is 1. The van der Waals surface area contributed by atoms with Gasteiger partial charge in [0.1, 0.15) is 17.8 Å². The van der Waals surface area contributed by atoms with Crippen molar-refractivity contribution in [2.75, 3.05) is 20.2 Å². The number of aromatic amines is 1. The number of piperidine rings is 1. The molecular weight excluding hydrogens is 356 g/mol. The predicted molar refractivity (Wildman–Crippen MR) is 105 cm³/mol. The van der Waals surface area contributed by atoms with Gasteiger partial charge in [-0.15, -0.1) is 0 Å². The van der Waals surface area contributed by atoms with Gasteiger partial charge in [0.15, 0.2) is 0 Å². The predicted octanol–water partition coefficient (Wildman–Crippen LogP) is 3.54. The normalized spacial score (nSPS) is 29.2. The zero-order valence-electron chi connectivity index (χ0n) is 16.5. The van der Waals surface area contributed by atoms with Crippen LogP contribution in [0.25, 0.3) is 10.9 Å². The fraction of sp³-hybridized carbons (Fsp3) is 0.500. The number of nitrogens with one attached hydrogen (secondary N) is 1. The molecule has 4 atom stereocenters. The summed E-state index contributed by atoms with van der Waals surface area (Å²) < 4.78 is 16.7. The summed E-state index contributed by atoms with van der Waals surface area (Å²) in [5.74, 6) is 1.79. The van der Waals surface area contributed by atoms with Gasteiger partial charge < -0.3 is 19.2 Å². The average molecular weight is 382 g/mol. The first kappa shape index (κ1) is 17.6. The maximum absolute atomic E-state index is 11.6. The maximum Gasteiger partial charge on any atom is 0.307 e. The molecule has 6 heteroatoms. The highest BCUT2D eigenvalue weighted by molar-refractivity contribution is 5.86. The minimum absolute atomic E-state index is 0.124. The zero-order chi connectivity index (χ0) is 19.4. The van der Waals surface area contributed by atoms with Crippen molar-refractivity contribution in [2.45, 2.75) is 38.8 Å². The molecule has 0 bridgehead atoms. The van der Waals surface area contributed by atoms with E-state index in [1.165, 1.54) is 23.6 Å². The van der Waals surface area contributed by atoms with Gasteiger partial charge in [-0.1, -0.05) is 0 Å². The summed E-state index contributed by atoms with van der Waals surface area (Å²) in [6.45, 7) is 5.56. The highest BCUT2D eigenvalue weighted by atomic mass is 16.6. The van der Waals surface area contributed by atoms with Gasteiger partial charge in [0.05, 0.1) is 19.3 Å². The number of benzene rings is 1. The van der Waals surface area contributed by atoms with Crippen molar-refractivity contribution in [2.24, 2.45) is 11.8 Å². The number of carbonyl (C=O) groups is 1. The molecule has 3 aliphatic rings. The molecule has 4 heterocycles. The Morgan fingerprint density at radius 2 is 2.21 bits per heavy atom. The molecule has 0 spiro atoms. The number of rotatable bonds is 2. The minimum atomic E-state index is -0.285. The lowest BCUT2D eigenvalue weighted by atomic mass is 9.74. The van der Waals surface area contributed by atoms with Crippen molar-refractivity contribution >= 4 is 16.9 Å². The summed E-state index contributed by atoms with van der Waals surface area (Å²) in [5, 5.41) is 1.29.